The maximum atomic E-state index is 3.58. The normalized spacial score (nSPS) is 14.9. The molecule has 1 heterocycles. The van der Waals surface area contributed by atoms with Crippen LogP contribution < -0.4 is 5.32 Å². The summed E-state index contributed by atoms with van der Waals surface area (Å²) in [6, 6.07) is 15.8. The van der Waals surface area contributed by atoms with Gasteiger partial charge in [0.25, 0.3) is 0 Å². The first-order valence-electron chi connectivity index (χ1n) is 6.83. The molecule has 3 rings (SSSR count). The lowest BCUT2D eigenvalue weighted by atomic mass is 10.1. The zero-order valence-electron chi connectivity index (χ0n) is 10.7. The van der Waals surface area contributed by atoms with E-state index in [1.54, 1.807) is 0 Å². The van der Waals surface area contributed by atoms with E-state index in [-0.39, 0.29) is 0 Å². The summed E-state index contributed by atoms with van der Waals surface area (Å²) in [6.07, 6.45) is 5.99. The highest BCUT2D eigenvalue weighted by molar-refractivity contribution is 5.15. The van der Waals surface area contributed by atoms with Crippen molar-refractivity contribution in [3.05, 3.63) is 59.9 Å². The average Bonchev–Trinajstić information content (AvgIpc) is 3.14. The Labute approximate surface area is 109 Å². The second kappa shape index (κ2) is 5.40. The predicted molar refractivity (Wildman–Crippen MR) is 74.4 cm³/mol. The van der Waals surface area contributed by atoms with Gasteiger partial charge in [0.05, 0.1) is 0 Å². The smallest absolute Gasteiger partial charge is 0.0361 e. The van der Waals surface area contributed by atoms with Crippen molar-refractivity contribution in [2.75, 3.05) is 0 Å². The predicted octanol–water partition coefficient (Wildman–Crippen LogP) is 2.98. The summed E-state index contributed by atoms with van der Waals surface area (Å²) >= 11 is 0. The van der Waals surface area contributed by atoms with E-state index in [2.05, 4.69) is 58.5 Å². The van der Waals surface area contributed by atoms with E-state index in [9.17, 15) is 0 Å². The van der Waals surface area contributed by atoms with Crippen molar-refractivity contribution < 1.29 is 0 Å². The number of aryl methyl sites for hydroxylation is 2. The van der Waals surface area contributed by atoms with Crippen LogP contribution in [0.5, 0.6) is 0 Å². The van der Waals surface area contributed by atoms with Crippen molar-refractivity contribution in [1.29, 1.82) is 0 Å². The van der Waals surface area contributed by atoms with Gasteiger partial charge in [-0.3, -0.25) is 0 Å². The number of aromatic nitrogens is 1. The lowest BCUT2D eigenvalue weighted by molar-refractivity contribution is 0.607. The second-order valence-electron chi connectivity index (χ2n) is 5.08. The van der Waals surface area contributed by atoms with Crippen molar-refractivity contribution in [1.82, 2.24) is 9.88 Å². The highest BCUT2D eigenvalue weighted by atomic mass is 15.0. The summed E-state index contributed by atoms with van der Waals surface area (Å²) in [4.78, 5) is 0. The Morgan fingerprint density at radius 1 is 1.06 bits per heavy atom. The summed E-state index contributed by atoms with van der Waals surface area (Å²) < 4.78 is 2.36. The van der Waals surface area contributed by atoms with Crippen molar-refractivity contribution in [3.8, 4) is 0 Å². The fraction of sp³-hybridized carbons (Fsp3) is 0.375. The standard InChI is InChI=1S/C16H20N2/c1-2-5-14(6-3-1)10-12-18-11-4-7-16(18)13-17-15-8-9-15/h1-7,11,15,17H,8-10,12-13H2. The van der Waals surface area contributed by atoms with E-state index in [4.69, 9.17) is 0 Å². The minimum Gasteiger partial charge on any atom is -0.350 e. The van der Waals surface area contributed by atoms with Crippen LogP contribution in [0.3, 0.4) is 0 Å². The summed E-state index contributed by atoms with van der Waals surface area (Å²) in [5.41, 5.74) is 2.81. The minimum absolute atomic E-state index is 0.780. The first kappa shape index (κ1) is 11.5. The number of hydrogen-bond donors (Lipinski definition) is 1. The molecule has 1 N–H and O–H groups in total. The van der Waals surface area contributed by atoms with Gasteiger partial charge in [0.1, 0.15) is 0 Å². The molecule has 1 aromatic carbocycles. The molecule has 2 aromatic rings. The quantitative estimate of drug-likeness (QED) is 0.821. The van der Waals surface area contributed by atoms with Gasteiger partial charge in [0.15, 0.2) is 0 Å². The molecule has 2 heteroatoms. The molecule has 0 unspecified atom stereocenters. The summed E-state index contributed by atoms with van der Waals surface area (Å²) in [6.45, 7) is 2.07. The molecule has 0 aliphatic heterocycles. The van der Waals surface area contributed by atoms with Crippen LogP contribution in [-0.2, 0) is 19.5 Å². The Hall–Kier alpha value is -1.54. The zero-order chi connectivity index (χ0) is 12.2. The van der Waals surface area contributed by atoms with Crippen molar-refractivity contribution in [2.24, 2.45) is 0 Å². The third-order valence-electron chi connectivity index (χ3n) is 3.56. The monoisotopic (exact) mass is 240 g/mol. The second-order valence-corrected chi connectivity index (χ2v) is 5.08. The third-order valence-corrected chi connectivity index (χ3v) is 3.56. The molecule has 1 aromatic heterocycles. The number of nitrogens with one attached hydrogen (secondary N) is 1. The Bertz CT molecular complexity index is 483. The number of rotatable bonds is 6. The van der Waals surface area contributed by atoms with Gasteiger partial charge in [-0.1, -0.05) is 30.3 Å². The van der Waals surface area contributed by atoms with Gasteiger partial charge in [-0.2, -0.15) is 0 Å². The summed E-state index contributed by atoms with van der Waals surface area (Å²) in [5, 5.41) is 3.58. The van der Waals surface area contributed by atoms with Crippen LogP contribution in [0.1, 0.15) is 24.1 Å². The maximum absolute atomic E-state index is 3.58. The van der Waals surface area contributed by atoms with E-state index in [0.717, 1.165) is 25.6 Å². The van der Waals surface area contributed by atoms with Crippen LogP contribution in [0.25, 0.3) is 0 Å². The van der Waals surface area contributed by atoms with Crippen molar-refractivity contribution in [3.63, 3.8) is 0 Å². The van der Waals surface area contributed by atoms with Crippen LogP contribution in [0.15, 0.2) is 48.7 Å². The van der Waals surface area contributed by atoms with Gasteiger partial charge in [0, 0.05) is 31.0 Å². The summed E-state index contributed by atoms with van der Waals surface area (Å²) in [7, 11) is 0. The zero-order valence-corrected chi connectivity index (χ0v) is 10.7. The van der Waals surface area contributed by atoms with Crippen LogP contribution in [0.2, 0.25) is 0 Å². The molecule has 0 radical (unpaired) electrons. The molecule has 0 amide bonds. The Balaban J connectivity index is 1.56. The van der Waals surface area contributed by atoms with Crippen LogP contribution in [0.4, 0.5) is 0 Å². The Morgan fingerprint density at radius 2 is 1.89 bits per heavy atom. The van der Waals surface area contributed by atoms with Crippen LogP contribution >= 0.6 is 0 Å². The minimum atomic E-state index is 0.780. The number of hydrogen-bond acceptors (Lipinski definition) is 1. The fourth-order valence-electron chi connectivity index (χ4n) is 2.26. The lowest BCUT2D eigenvalue weighted by Crippen LogP contribution is -2.18. The first-order chi connectivity index (χ1) is 8.92. The first-order valence-corrected chi connectivity index (χ1v) is 6.83. The van der Waals surface area contributed by atoms with Crippen molar-refractivity contribution >= 4 is 0 Å². The molecule has 1 fully saturated rings. The number of benzene rings is 1. The molecule has 1 aliphatic rings. The molecule has 94 valence electrons. The molecule has 18 heavy (non-hydrogen) atoms. The van der Waals surface area contributed by atoms with Crippen molar-refractivity contribution in [2.45, 2.75) is 38.4 Å². The SMILES string of the molecule is c1ccc(CCn2cccc2CNC2CC2)cc1. The van der Waals surface area contributed by atoms with Gasteiger partial charge >= 0.3 is 0 Å². The third kappa shape index (κ3) is 3.02. The van der Waals surface area contributed by atoms with Crippen LogP contribution in [0, 0.1) is 0 Å². The van der Waals surface area contributed by atoms with Gasteiger partial charge < -0.3 is 9.88 Å². The van der Waals surface area contributed by atoms with Gasteiger partial charge in [-0.15, -0.1) is 0 Å². The lowest BCUT2D eigenvalue weighted by Gasteiger charge is -2.10. The fourth-order valence-corrected chi connectivity index (χ4v) is 2.26. The molecule has 0 spiro atoms. The largest absolute Gasteiger partial charge is 0.350 e. The molecule has 0 saturated heterocycles. The average molecular weight is 240 g/mol. The molecule has 0 atom stereocenters. The topological polar surface area (TPSA) is 17.0 Å². The van der Waals surface area contributed by atoms with E-state index >= 15 is 0 Å². The highest BCUT2D eigenvalue weighted by Gasteiger charge is 2.20. The maximum Gasteiger partial charge on any atom is 0.0361 e. The molecule has 2 nitrogen and oxygen atoms in total. The van der Waals surface area contributed by atoms with Gasteiger partial charge in [-0.05, 0) is 37.0 Å². The van der Waals surface area contributed by atoms with E-state index in [1.807, 2.05) is 0 Å². The molecule has 1 aliphatic carbocycles. The van der Waals surface area contributed by atoms with Gasteiger partial charge in [-0.25, -0.2) is 0 Å². The Kier molecular flexibility index (Phi) is 3.47. The number of nitrogens with zero attached hydrogens (tertiary/aromatic N) is 1. The van der Waals surface area contributed by atoms with E-state index in [1.165, 1.54) is 24.1 Å². The highest BCUT2D eigenvalue weighted by Crippen LogP contribution is 2.19. The Morgan fingerprint density at radius 3 is 2.67 bits per heavy atom. The molecule has 0 bridgehead atoms. The molecule has 1 saturated carbocycles. The van der Waals surface area contributed by atoms with Crippen LogP contribution in [-0.4, -0.2) is 10.6 Å². The summed E-state index contributed by atoms with van der Waals surface area (Å²) in [5.74, 6) is 0. The molecular formula is C16H20N2. The van der Waals surface area contributed by atoms with E-state index < -0.39 is 0 Å². The van der Waals surface area contributed by atoms with E-state index in [0.29, 0.717) is 0 Å². The molecular weight excluding hydrogens is 220 g/mol. The van der Waals surface area contributed by atoms with Gasteiger partial charge in [0.2, 0.25) is 0 Å².